The van der Waals surface area contributed by atoms with Crippen molar-refractivity contribution in [3.8, 4) is 0 Å². The first-order valence-corrected chi connectivity index (χ1v) is 5.83. The van der Waals surface area contributed by atoms with Crippen molar-refractivity contribution in [1.29, 1.82) is 0 Å². The van der Waals surface area contributed by atoms with Gasteiger partial charge in [-0.15, -0.1) is 0 Å². The van der Waals surface area contributed by atoms with Crippen LogP contribution in [0.1, 0.15) is 40.7 Å². The first-order chi connectivity index (χ1) is 8.41. The second kappa shape index (κ2) is 4.37. The van der Waals surface area contributed by atoms with Crippen LogP contribution in [0.2, 0.25) is 0 Å². The van der Waals surface area contributed by atoms with E-state index in [0.29, 0.717) is 11.1 Å². The van der Waals surface area contributed by atoms with Gasteiger partial charge in [0, 0.05) is 19.0 Å². The molecule has 18 heavy (non-hydrogen) atoms. The Kier molecular flexibility index (Phi) is 3.03. The van der Waals surface area contributed by atoms with Gasteiger partial charge in [0.15, 0.2) is 0 Å². The fraction of sp³-hybridized carbons (Fsp3) is 0.357. The zero-order valence-electron chi connectivity index (χ0n) is 10.7. The van der Waals surface area contributed by atoms with Gasteiger partial charge in [-0.2, -0.15) is 0 Å². The average molecular weight is 245 g/mol. The number of aryl methyl sites for hydroxylation is 1. The second-order valence-electron chi connectivity index (χ2n) is 4.75. The van der Waals surface area contributed by atoms with Crippen molar-refractivity contribution in [3.05, 3.63) is 34.9 Å². The molecule has 4 heteroatoms. The quantitative estimate of drug-likeness (QED) is 0.745. The third kappa shape index (κ3) is 1.94. The number of hydrogen-bond donors (Lipinski definition) is 0. The Bertz CT molecular complexity index is 548. The van der Waals surface area contributed by atoms with E-state index in [2.05, 4.69) is 0 Å². The van der Waals surface area contributed by atoms with Crippen LogP contribution in [-0.2, 0) is 9.59 Å². The molecule has 0 bridgehead atoms. The summed E-state index contributed by atoms with van der Waals surface area (Å²) in [5.74, 6) is -1.17. The van der Waals surface area contributed by atoms with E-state index in [1.807, 2.05) is 13.0 Å². The first-order valence-electron chi connectivity index (χ1n) is 5.83. The summed E-state index contributed by atoms with van der Waals surface area (Å²) in [6.45, 7) is 3.35. The lowest BCUT2D eigenvalue weighted by molar-refractivity contribution is -0.132. The van der Waals surface area contributed by atoms with E-state index < -0.39 is 5.92 Å². The van der Waals surface area contributed by atoms with Gasteiger partial charge in [0.25, 0.3) is 5.91 Å². The molecular formula is C14H15NO3. The molecule has 0 spiro atoms. The Hall–Kier alpha value is -1.97. The summed E-state index contributed by atoms with van der Waals surface area (Å²) in [4.78, 5) is 36.5. The fourth-order valence-electron chi connectivity index (χ4n) is 2.29. The van der Waals surface area contributed by atoms with Crippen molar-refractivity contribution >= 4 is 17.6 Å². The molecule has 0 radical (unpaired) electrons. The van der Waals surface area contributed by atoms with Crippen LogP contribution in [0.15, 0.2) is 18.2 Å². The summed E-state index contributed by atoms with van der Waals surface area (Å²) in [5, 5.41) is 0. The van der Waals surface area contributed by atoms with Gasteiger partial charge in [-0.1, -0.05) is 17.7 Å². The Morgan fingerprint density at radius 1 is 1.33 bits per heavy atom. The molecule has 0 aliphatic carbocycles. The minimum atomic E-state index is -0.527. The maximum absolute atomic E-state index is 12.1. The molecule has 2 amide bonds. The molecule has 1 aromatic rings. The maximum Gasteiger partial charge on any atom is 0.260 e. The molecule has 1 aromatic carbocycles. The third-order valence-electron chi connectivity index (χ3n) is 3.24. The summed E-state index contributed by atoms with van der Waals surface area (Å²) < 4.78 is 0. The van der Waals surface area contributed by atoms with Crippen molar-refractivity contribution in [1.82, 2.24) is 4.90 Å². The number of imide groups is 1. The molecule has 1 aliphatic heterocycles. The first kappa shape index (κ1) is 12.5. The molecule has 4 nitrogen and oxygen atoms in total. The molecule has 0 saturated carbocycles. The summed E-state index contributed by atoms with van der Waals surface area (Å²) in [5.41, 5.74) is 2.17. The number of nitrogens with zero attached hydrogens (tertiary/aromatic N) is 1. The highest BCUT2D eigenvalue weighted by atomic mass is 16.2. The molecule has 94 valence electrons. The monoisotopic (exact) mass is 245 g/mol. The van der Waals surface area contributed by atoms with Gasteiger partial charge in [-0.3, -0.25) is 19.3 Å². The Labute approximate surface area is 106 Å². The number of carbonyl (C=O) groups is 3. The number of benzene rings is 1. The van der Waals surface area contributed by atoms with E-state index in [4.69, 9.17) is 0 Å². The van der Waals surface area contributed by atoms with E-state index in [1.165, 1.54) is 14.0 Å². The molecule has 1 aliphatic rings. The number of likely N-dealkylation sites (N-methyl/N-ethyl adjacent to an activating group) is 1. The van der Waals surface area contributed by atoms with Gasteiger partial charge in [0.05, 0.1) is 5.92 Å². The van der Waals surface area contributed by atoms with Crippen molar-refractivity contribution < 1.29 is 14.4 Å². The molecule has 0 saturated heterocycles. The molecule has 1 unspecified atom stereocenters. The smallest absolute Gasteiger partial charge is 0.260 e. The van der Waals surface area contributed by atoms with E-state index in [9.17, 15) is 14.4 Å². The predicted octanol–water partition coefficient (Wildman–Crippen LogP) is 1.67. The minimum Gasteiger partial charge on any atom is -0.300 e. The largest absolute Gasteiger partial charge is 0.300 e. The van der Waals surface area contributed by atoms with Crippen molar-refractivity contribution in [2.75, 3.05) is 7.05 Å². The number of carbonyl (C=O) groups excluding carboxylic acids is 3. The Morgan fingerprint density at radius 3 is 2.61 bits per heavy atom. The number of fused-ring (bicyclic) bond motifs is 1. The van der Waals surface area contributed by atoms with Gasteiger partial charge >= 0.3 is 0 Å². The Morgan fingerprint density at radius 2 is 2.00 bits per heavy atom. The van der Waals surface area contributed by atoms with Crippen LogP contribution in [0.5, 0.6) is 0 Å². The van der Waals surface area contributed by atoms with Crippen LogP contribution in [-0.4, -0.2) is 29.5 Å². The number of amides is 2. The third-order valence-corrected chi connectivity index (χ3v) is 3.24. The summed E-state index contributed by atoms with van der Waals surface area (Å²) in [6.07, 6.45) is 0.145. The average Bonchev–Trinajstić information content (AvgIpc) is 2.32. The predicted molar refractivity (Wildman–Crippen MR) is 66.3 cm³/mol. The SMILES string of the molecule is CC(=O)CC1C(=O)N(C)C(=O)c2cc(C)ccc21. The van der Waals surface area contributed by atoms with Crippen LogP contribution in [0, 0.1) is 6.92 Å². The van der Waals surface area contributed by atoms with Gasteiger partial charge in [-0.05, 0) is 25.5 Å². The number of ketones is 1. The summed E-state index contributed by atoms with van der Waals surface area (Å²) in [6, 6.07) is 5.41. The highest BCUT2D eigenvalue weighted by molar-refractivity contribution is 6.12. The van der Waals surface area contributed by atoms with Gasteiger partial charge in [-0.25, -0.2) is 0 Å². The van der Waals surface area contributed by atoms with Crippen LogP contribution in [0.25, 0.3) is 0 Å². The van der Waals surface area contributed by atoms with Crippen molar-refractivity contribution in [2.45, 2.75) is 26.2 Å². The number of hydrogen-bond acceptors (Lipinski definition) is 3. The topological polar surface area (TPSA) is 54.5 Å². The van der Waals surface area contributed by atoms with Gasteiger partial charge in [0.1, 0.15) is 5.78 Å². The highest BCUT2D eigenvalue weighted by Crippen LogP contribution is 2.31. The van der Waals surface area contributed by atoms with Crippen molar-refractivity contribution in [3.63, 3.8) is 0 Å². The van der Waals surface area contributed by atoms with Crippen molar-refractivity contribution in [2.24, 2.45) is 0 Å². The lowest BCUT2D eigenvalue weighted by Crippen LogP contribution is -2.42. The highest BCUT2D eigenvalue weighted by Gasteiger charge is 2.37. The molecular weight excluding hydrogens is 230 g/mol. The molecule has 0 aromatic heterocycles. The van der Waals surface area contributed by atoms with E-state index >= 15 is 0 Å². The molecule has 1 heterocycles. The van der Waals surface area contributed by atoms with Crippen LogP contribution < -0.4 is 0 Å². The number of Topliss-reactive ketones (excluding diaryl/α,β-unsaturated/α-hetero) is 1. The fourth-order valence-corrected chi connectivity index (χ4v) is 2.29. The lowest BCUT2D eigenvalue weighted by atomic mass is 9.85. The normalized spacial score (nSPS) is 18.8. The van der Waals surface area contributed by atoms with Crippen LogP contribution in [0.4, 0.5) is 0 Å². The lowest BCUT2D eigenvalue weighted by Gasteiger charge is -2.29. The zero-order chi connectivity index (χ0) is 13.4. The van der Waals surface area contributed by atoms with E-state index in [1.54, 1.807) is 12.1 Å². The second-order valence-corrected chi connectivity index (χ2v) is 4.75. The summed E-state index contributed by atoms with van der Waals surface area (Å²) in [7, 11) is 1.46. The standard InChI is InChI=1S/C14H15NO3/c1-8-4-5-10-11(6-8)13(17)15(3)14(18)12(10)7-9(2)16/h4-6,12H,7H2,1-3H3. The molecule has 2 rings (SSSR count). The Balaban J connectivity index is 2.56. The molecule has 0 N–H and O–H groups in total. The molecule has 0 fully saturated rings. The van der Waals surface area contributed by atoms with Gasteiger partial charge in [0.2, 0.25) is 5.91 Å². The number of rotatable bonds is 2. The molecule has 1 atom stereocenters. The summed E-state index contributed by atoms with van der Waals surface area (Å²) >= 11 is 0. The van der Waals surface area contributed by atoms with Crippen LogP contribution >= 0.6 is 0 Å². The van der Waals surface area contributed by atoms with Crippen LogP contribution in [0.3, 0.4) is 0 Å². The maximum atomic E-state index is 12.1. The van der Waals surface area contributed by atoms with E-state index in [0.717, 1.165) is 10.5 Å². The van der Waals surface area contributed by atoms with Gasteiger partial charge < -0.3 is 0 Å². The van der Waals surface area contributed by atoms with E-state index in [-0.39, 0.29) is 24.0 Å². The zero-order valence-corrected chi connectivity index (χ0v) is 10.7. The minimum absolute atomic E-state index is 0.0531.